The molecule has 0 heterocycles. The van der Waals surface area contributed by atoms with Crippen LogP contribution in [0.3, 0.4) is 0 Å². The van der Waals surface area contributed by atoms with Crippen LogP contribution < -0.4 is 0 Å². The minimum atomic E-state index is -0.709. The second-order valence-corrected chi connectivity index (χ2v) is 7.82. The van der Waals surface area contributed by atoms with Crippen LogP contribution in [0.25, 0.3) is 0 Å². The predicted octanol–water partition coefficient (Wildman–Crippen LogP) is 5.85. The Balaban J connectivity index is 1.59. The van der Waals surface area contributed by atoms with E-state index < -0.39 is 5.60 Å². The summed E-state index contributed by atoms with van der Waals surface area (Å²) in [5.41, 5.74) is 2.57. The Morgan fingerprint density at radius 2 is 0.848 bits per heavy atom. The highest BCUT2D eigenvalue weighted by atomic mass is 16.6. The van der Waals surface area contributed by atoms with Crippen molar-refractivity contribution >= 4 is 0 Å². The number of hydrogen-bond donors (Lipinski definition) is 0. The minimum Gasteiger partial charge on any atom is -0.379 e. The Labute approximate surface area is 198 Å². The molecule has 0 bridgehead atoms. The molecule has 3 aromatic rings. The summed E-state index contributed by atoms with van der Waals surface area (Å²) in [5, 5.41) is 0. The lowest BCUT2D eigenvalue weighted by Gasteiger charge is -2.36. The van der Waals surface area contributed by atoms with Crippen LogP contribution in [0, 0.1) is 0 Å². The summed E-state index contributed by atoms with van der Waals surface area (Å²) in [6, 6.07) is 31.2. The molecule has 0 fully saturated rings. The fourth-order valence-electron chi connectivity index (χ4n) is 3.81. The predicted molar refractivity (Wildman–Crippen MR) is 133 cm³/mol. The highest BCUT2D eigenvalue weighted by molar-refractivity contribution is 5.47. The van der Waals surface area contributed by atoms with Crippen molar-refractivity contribution in [2.45, 2.75) is 25.4 Å². The van der Waals surface area contributed by atoms with Gasteiger partial charge in [0.2, 0.25) is 0 Å². The lowest BCUT2D eigenvalue weighted by Crippen LogP contribution is -2.34. The van der Waals surface area contributed by atoms with Crippen LogP contribution in [-0.4, -0.2) is 46.2 Å². The fourth-order valence-corrected chi connectivity index (χ4v) is 3.81. The number of ether oxygens (including phenoxy) is 4. The molecule has 4 heteroatoms. The second-order valence-electron chi connectivity index (χ2n) is 7.82. The first-order chi connectivity index (χ1) is 16.4. The van der Waals surface area contributed by atoms with Crippen LogP contribution in [0.5, 0.6) is 0 Å². The first kappa shape index (κ1) is 25.1. The molecule has 0 saturated carbocycles. The summed E-state index contributed by atoms with van der Waals surface area (Å²) in [5.74, 6) is 0. The standard InChI is InChI=1S/C29H36O4/c1-2-3-19-30-20-21-31-22-23-32-24-25-33-29(26-13-7-4-8-14-26,27-15-9-5-10-16-27)28-17-11-6-12-18-28/h4-18H,2-3,19-25H2,1H3. The highest BCUT2D eigenvalue weighted by Crippen LogP contribution is 2.40. The van der Waals surface area contributed by atoms with Crippen molar-refractivity contribution in [3.8, 4) is 0 Å². The maximum atomic E-state index is 6.68. The van der Waals surface area contributed by atoms with Crippen LogP contribution >= 0.6 is 0 Å². The first-order valence-corrected chi connectivity index (χ1v) is 11.9. The molecule has 0 aromatic heterocycles. The molecule has 3 rings (SSSR count). The number of unbranched alkanes of at least 4 members (excludes halogenated alkanes) is 1. The zero-order valence-corrected chi connectivity index (χ0v) is 19.7. The van der Waals surface area contributed by atoms with Gasteiger partial charge in [0.05, 0.1) is 39.6 Å². The van der Waals surface area contributed by atoms with Gasteiger partial charge in [-0.15, -0.1) is 0 Å². The monoisotopic (exact) mass is 448 g/mol. The van der Waals surface area contributed by atoms with Gasteiger partial charge >= 0.3 is 0 Å². The lowest BCUT2D eigenvalue weighted by atomic mass is 9.80. The van der Waals surface area contributed by atoms with Gasteiger partial charge in [0.1, 0.15) is 5.60 Å². The van der Waals surface area contributed by atoms with Crippen molar-refractivity contribution in [3.63, 3.8) is 0 Å². The maximum Gasteiger partial charge on any atom is 0.143 e. The van der Waals surface area contributed by atoms with E-state index in [1.807, 2.05) is 18.2 Å². The molecule has 0 saturated heterocycles. The van der Waals surface area contributed by atoms with E-state index in [0.29, 0.717) is 39.6 Å². The molecule has 0 N–H and O–H groups in total. The van der Waals surface area contributed by atoms with Gasteiger partial charge in [0.25, 0.3) is 0 Å². The SMILES string of the molecule is CCCCOCCOCCOCCOC(c1ccccc1)(c1ccccc1)c1ccccc1. The van der Waals surface area contributed by atoms with Crippen LogP contribution in [-0.2, 0) is 24.5 Å². The van der Waals surface area contributed by atoms with E-state index in [9.17, 15) is 0 Å². The molecule has 0 aliphatic rings. The Morgan fingerprint density at radius 1 is 0.485 bits per heavy atom. The third kappa shape index (κ3) is 7.51. The van der Waals surface area contributed by atoms with E-state index in [2.05, 4.69) is 79.7 Å². The molecular formula is C29H36O4. The molecule has 0 spiro atoms. The average molecular weight is 449 g/mol. The Kier molecular flexibility index (Phi) is 11.1. The van der Waals surface area contributed by atoms with E-state index in [4.69, 9.17) is 18.9 Å². The van der Waals surface area contributed by atoms with Gasteiger partial charge in [-0.3, -0.25) is 0 Å². The second kappa shape index (κ2) is 14.6. The summed E-state index contributed by atoms with van der Waals surface area (Å²) in [7, 11) is 0. The smallest absolute Gasteiger partial charge is 0.143 e. The van der Waals surface area contributed by atoms with E-state index in [0.717, 1.165) is 36.1 Å². The van der Waals surface area contributed by atoms with Crippen molar-refractivity contribution in [2.75, 3.05) is 46.2 Å². The summed E-state index contributed by atoms with van der Waals surface area (Å²) < 4.78 is 23.6. The molecule has 3 aromatic carbocycles. The highest BCUT2D eigenvalue weighted by Gasteiger charge is 2.37. The molecule has 0 atom stereocenters. The molecule has 0 radical (unpaired) electrons. The third-order valence-electron chi connectivity index (χ3n) is 5.47. The van der Waals surface area contributed by atoms with Crippen LogP contribution in [0.2, 0.25) is 0 Å². The molecule has 0 aliphatic carbocycles. The van der Waals surface area contributed by atoms with E-state index >= 15 is 0 Å². The van der Waals surface area contributed by atoms with E-state index in [1.54, 1.807) is 0 Å². The summed E-state index contributed by atoms with van der Waals surface area (Å²) in [6.45, 7) is 6.23. The van der Waals surface area contributed by atoms with Gasteiger partial charge in [-0.2, -0.15) is 0 Å². The topological polar surface area (TPSA) is 36.9 Å². The summed E-state index contributed by atoms with van der Waals surface area (Å²) in [6.07, 6.45) is 2.25. The van der Waals surface area contributed by atoms with E-state index in [1.165, 1.54) is 0 Å². The summed E-state index contributed by atoms with van der Waals surface area (Å²) in [4.78, 5) is 0. The Hall–Kier alpha value is -2.50. The van der Waals surface area contributed by atoms with Gasteiger partial charge in [-0.1, -0.05) is 104 Å². The van der Waals surface area contributed by atoms with Gasteiger partial charge in [-0.25, -0.2) is 0 Å². The zero-order chi connectivity index (χ0) is 23.0. The van der Waals surface area contributed by atoms with Crippen molar-refractivity contribution in [2.24, 2.45) is 0 Å². The van der Waals surface area contributed by atoms with Crippen LogP contribution in [0.1, 0.15) is 36.5 Å². The molecule has 0 aliphatic heterocycles. The van der Waals surface area contributed by atoms with Gasteiger partial charge in [-0.05, 0) is 23.1 Å². The fraction of sp³-hybridized carbons (Fsp3) is 0.379. The van der Waals surface area contributed by atoms with Crippen LogP contribution in [0.15, 0.2) is 91.0 Å². The third-order valence-corrected chi connectivity index (χ3v) is 5.47. The molecule has 4 nitrogen and oxygen atoms in total. The first-order valence-electron chi connectivity index (χ1n) is 11.9. The lowest BCUT2D eigenvalue weighted by molar-refractivity contribution is -0.0369. The van der Waals surface area contributed by atoms with E-state index in [-0.39, 0.29) is 0 Å². The quantitative estimate of drug-likeness (QED) is 0.204. The molecule has 0 amide bonds. The zero-order valence-electron chi connectivity index (χ0n) is 19.7. The number of rotatable bonds is 16. The molecule has 0 unspecified atom stereocenters. The van der Waals surface area contributed by atoms with Crippen molar-refractivity contribution in [3.05, 3.63) is 108 Å². The summed E-state index contributed by atoms with van der Waals surface area (Å²) >= 11 is 0. The molecule has 33 heavy (non-hydrogen) atoms. The Bertz CT molecular complexity index is 771. The van der Waals surface area contributed by atoms with Crippen molar-refractivity contribution in [1.82, 2.24) is 0 Å². The van der Waals surface area contributed by atoms with Crippen molar-refractivity contribution in [1.29, 1.82) is 0 Å². The normalized spacial score (nSPS) is 11.5. The van der Waals surface area contributed by atoms with Crippen molar-refractivity contribution < 1.29 is 18.9 Å². The minimum absolute atomic E-state index is 0.457. The van der Waals surface area contributed by atoms with Crippen LogP contribution in [0.4, 0.5) is 0 Å². The maximum absolute atomic E-state index is 6.68. The largest absolute Gasteiger partial charge is 0.379 e. The number of hydrogen-bond acceptors (Lipinski definition) is 4. The van der Waals surface area contributed by atoms with Gasteiger partial charge in [0.15, 0.2) is 0 Å². The molecular weight excluding hydrogens is 412 g/mol. The molecule has 176 valence electrons. The van der Waals surface area contributed by atoms with Gasteiger partial charge in [0, 0.05) is 6.61 Å². The Morgan fingerprint density at radius 3 is 1.24 bits per heavy atom. The van der Waals surface area contributed by atoms with Gasteiger partial charge < -0.3 is 18.9 Å². The number of benzene rings is 3. The average Bonchev–Trinajstić information content (AvgIpc) is 2.89.